The first-order chi connectivity index (χ1) is 8.57. The van der Waals surface area contributed by atoms with Gasteiger partial charge in [-0.2, -0.15) is 13.2 Å². The SMILES string of the molecule is FC(F)(F)C1CCCCC1NCC1COCCO1. The molecule has 1 saturated heterocycles. The Labute approximate surface area is 105 Å². The van der Waals surface area contributed by atoms with Crippen LogP contribution < -0.4 is 5.32 Å². The second-order valence-corrected chi connectivity index (χ2v) is 5.02. The molecule has 1 aliphatic heterocycles. The van der Waals surface area contributed by atoms with Crippen LogP contribution in [-0.2, 0) is 9.47 Å². The molecule has 3 atom stereocenters. The summed E-state index contributed by atoms with van der Waals surface area (Å²) < 4.78 is 49.2. The molecule has 3 nitrogen and oxygen atoms in total. The summed E-state index contributed by atoms with van der Waals surface area (Å²) in [5.41, 5.74) is 0. The highest BCUT2D eigenvalue weighted by atomic mass is 19.4. The highest BCUT2D eigenvalue weighted by Crippen LogP contribution is 2.37. The molecule has 2 fully saturated rings. The van der Waals surface area contributed by atoms with E-state index in [1.54, 1.807) is 0 Å². The van der Waals surface area contributed by atoms with Crippen LogP contribution in [0.5, 0.6) is 0 Å². The second-order valence-electron chi connectivity index (χ2n) is 5.02. The lowest BCUT2D eigenvalue weighted by atomic mass is 9.84. The summed E-state index contributed by atoms with van der Waals surface area (Å²) in [5.74, 6) is -1.21. The maximum absolute atomic E-state index is 12.9. The molecular weight excluding hydrogens is 247 g/mol. The fraction of sp³-hybridized carbons (Fsp3) is 1.00. The van der Waals surface area contributed by atoms with Crippen LogP contribution in [0.1, 0.15) is 25.7 Å². The van der Waals surface area contributed by atoms with E-state index >= 15 is 0 Å². The maximum atomic E-state index is 12.9. The van der Waals surface area contributed by atoms with E-state index < -0.39 is 18.1 Å². The third-order valence-corrected chi connectivity index (χ3v) is 3.68. The van der Waals surface area contributed by atoms with Crippen molar-refractivity contribution >= 4 is 0 Å². The maximum Gasteiger partial charge on any atom is 0.393 e. The lowest BCUT2D eigenvalue weighted by Gasteiger charge is -2.35. The van der Waals surface area contributed by atoms with Gasteiger partial charge in [-0.15, -0.1) is 0 Å². The molecule has 0 amide bonds. The van der Waals surface area contributed by atoms with Crippen LogP contribution in [0.4, 0.5) is 13.2 Å². The van der Waals surface area contributed by atoms with Gasteiger partial charge in [-0.3, -0.25) is 0 Å². The summed E-state index contributed by atoms with van der Waals surface area (Å²) in [5, 5.41) is 3.02. The molecule has 0 spiro atoms. The van der Waals surface area contributed by atoms with E-state index in [1.165, 1.54) is 0 Å². The number of nitrogens with one attached hydrogen (secondary N) is 1. The van der Waals surface area contributed by atoms with Crippen LogP contribution in [0, 0.1) is 5.92 Å². The van der Waals surface area contributed by atoms with Crippen molar-refractivity contribution in [3.63, 3.8) is 0 Å². The van der Waals surface area contributed by atoms with E-state index in [0.717, 1.165) is 6.42 Å². The summed E-state index contributed by atoms with van der Waals surface area (Å²) in [4.78, 5) is 0. The lowest BCUT2D eigenvalue weighted by Crippen LogP contribution is -2.49. The molecule has 2 rings (SSSR count). The van der Waals surface area contributed by atoms with E-state index in [9.17, 15) is 13.2 Å². The summed E-state index contributed by atoms with van der Waals surface area (Å²) in [6.07, 6.45) is -1.84. The van der Waals surface area contributed by atoms with Crippen molar-refractivity contribution < 1.29 is 22.6 Å². The summed E-state index contributed by atoms with van der Waals surface area (Å²) in [6.45, 7) is 2.01. The number of halogens is 3. The molecule has 0 aromatic rings. The van der Waals surface area contributed by atoms with Crippen molar-refractivity contribution in [2.24, 2.45) is 5.92 Å². The standard InChI is InChI=1S/C12H20F3NO2/c13-12(14,15)10-3-1-2-4-11(10)16-7-9-8-17-5-6-18-9/h9-11,16H,1-8H2. The van der Waals surface area contributed by atoms with E-state index in [1.807, 2.05) is 0 Å². The molecule has 1 saturated carbocycles. The Balaban J connectivity index is 1.81. The van der Waals surface area contributed by atoms with Gasteiger partial charge in [-0.05, 0) is 12.8 Å². The van der Waals surface area contributed by atoms with Crippen molar-refractivity contribution in [3.8, 4) is 0 Å². The Hall–Kier alpha value is -0.330. The van der Waals surface area contributed by atoms with Crippen molar-refractivity contribution in [1.29, 1.82) is 0 Å². The lowest BCUT2D eigenvalue weighted by molar-refractivity contribution is -0.189. The van der Waals surface area contributed by atoms with Crippen LogP contribution in [0.25, 0.3) is 0 Å². The summed E-state index contributed by atoms with van der Waals surface area (Å²) in [6, 6.07) is -0.468. The van der Waals surface area contributed by atoms with Gasteiger partial charge in [0.2, 0.25) is 0 Å². The average Bonchev–Trinajstić information content (AvgIpc) is 2.37. The average molecular weight is 267 g/mol. The predicted molar refractivity (Wildman–Crippen MR) is 60.4 cm³/mol. The first-order valence-electron chi connectivity index (χ1n) is 6.57. The number of alkyl halides is 3. The zero-order valence-corrected chi connectivity index (χ0v) is 10.3. The van der Waals surface area contributed by atoms with Crippen molar-refractivity contribution in [3.05, 3.63) is 0 Å². The third-order valence-electron chi connectivity index (χ3n) is 3.68. The van der Waals surface area contributed by atoms with E-state index in [2.05, 4.69) is 5.32 Å². The predicted octanol–water partition coefficient (Wildman–Crippen LogP) is 2.11. The van der Waals surface area contributed by atoms with Crippen molar-refractivity contribution in [2.45, 2.75) is 44.0 Å². The molecule has 18 heavy (non-hydrogen) atoms. The van der Waals surface area contributed by atoms with Crippen LogP contribution >= 0.6 is 0 Å². The topological polar surface area (TPSA) is 30.5 Å². The smallest absolute Gasteiger partial charge is 0.376 e. The number of ether oxygens (including phenoxy) is 2. The fourth-order valence-corrected chi connectivity index (χ4v) is 2.70. The molecule has 106 valence electrons. The van der Waals surface area contributed by atoms with Crippen LogP contribution in [0.15, 0.2) is 0 Å². The minimum Gasteiger partial charge on any atom is -0.376 e. The first kappa shape index (κ1) is 14.1. The summed E-state index contributed by atoms with van der Waals surface area (Å²) >= 11 is 0. The molecule has 0 bridgehead atoms. The Bertz CT molecular complexity index is 254. The zero-order valence-electron chi connectivity index (χ0n) is 10.3. The Morgan fingerprint density at radius 2 is 1.89 bits per heavy atom. The normalized spacial score (nSPS) is 34.5. The van der Waals surface area contributed by atoms with Gasteiger partial charge < -0.3 is 14.8 Å². The van der Waals surface area contributed by atoms with Gasteiger partial charge in [0.25, 0.3) is 0 Å². The third kappa shape index (κ3) is 3.83. The molecule has 0 aromatic carbocycles. The number of hydrogen-bond acceptors (Lipinski definition) is 3. The van der Waals surface area contributed by atoms with Gasteiger partial charge in [0.05, 0.1) is 31.8 Å². The second kappa shape index (κ2) is 6.21. The van der Waals surface area contributed by atoms with Gasteiger partial charge in [0, 0.05) is 12.6 Å². The monoisotopic (exact) mass is 267 g/mol. The van der Waals surface area contributed by atoms with Gasteiger partial charge in [0.1, 0.15) is 0 Å². The highest BCUT2D eigenvalue weighted by molar-refractivity contribution is 4.86. The van der Waals surface area contributed by atoms with E-state index in [-0.39, 0.29) is 12.5 Å². The molecule has 1 heterocycles. The minimum atomic E-state index is -4.10. The van der Waals surface area contributed by atoms with Gasteiger partial charge in [0.15, 0.2) is 0 Å². The molecular formula is C12H20F3NO2. The van der Waals surface area contributed by atoms with Gasteiger partial charge in [-0.1, -0.05) is 12.8 Å². The molecule has 3 unspecified atom stereocenters. The van der Waals surface area contributed by atoms with Crippen LogP contribution in [0.2, 0.25) is 0 Å². The molecule has 1 N–H and O–H groups in total. The quantitative estimate of drug-likeness (QED) is 0.849. The van der Waals surface area contributed by atoms with Gasteiger partial charge in [-0.25, -0.2) is 0 Å². The highest BCUT2D eigenvalue weighted by Gasteiger charge is 2.45. The molecule has 0 radical (unpaired) electrons. The fourth-order valence-electron chi connectivity index (χ4n) is 2.70. The van der Waals surface area contributed by atoms with Crippen LogP contribution in [0.3, 0.4) is 0 Å². The van der Waals surface area contributed by atoms with Crippen molar-refractivity contribution in [1.82, 2.24) is 5.32 Å². The first-order valence-corrected chi connectivity index (χ1v) is 6.57. The molecule has 0 aromatic heterocycles. The Morgan fingerprint density at radius 1 is 1.11 bits per heavy atom. The van der Waals surface area contributed by atoms with Crippen molar-refractivity contribution in [2.75, 3.05) is 26.4 Å². The largest absolute Gasteiger partial charge is 0.393 e. The Kier molecular flexibility index (Phi) is 4.86. The van der Waals surface area contributed by atoms with Gasteiger partial charge >= 0.3 is 6.18 Å². The van der Waals surface area contributed by atoms with E-state index in [0.29, 0.717) is 39.2 Å². The summed E-state index contributed by atoms with van der Waals surface area (Å²) in [7, 11) is 0. The Morgan fingerprint density at radius 3 is 2.56 bits per heavy atom. The molecule has 2 aliphatic rings. The minimum absolute atomic E-state index is 0.116. The number of hydrogen-bond donors (Lipinski definition) is 1. The van der Waals surface area contributed by atoms with E-state index in [4.69, 9.17) is 9.47 Å². The molecule has 1 aliphatic carbocycles. The van der Waals surface area contributed by atoms with Crippen LogP contribution in [-0.4, -0.2) is 44.7 Å². The molecule has 6 heteroatoms. The number of rotatable bonds is 3. The zero-order chi connectivity index (χ0) is 13.0.